The summed E-state index contributed by atoms with van der Waals surface area (Å²) in [6.45, 7) is 0.247. The quantitative estimate of drug-likeness (QED) is 0.0901. The molecule has 2 atom stereocenters. The normalized spacial score (nSPS) is 18.1. The minimum atomic E-state index is -0.786. The van der Waals surface area contributed by atoms with E-state index in [9.17, 15) is 9.59 Å². The number of anilines is 4. The third-order valence-electron chi connectivity index (χ3n) is 8.10. The van der Waals surface area contributed by atoms with Gasteiger partial charge in [-0.1, -0.05) is 24.6 Å². The summed E-state index contributed by atoms with van der Waals surface area (Å²) < 4.78 is 17.4. The van der Waals surface area contributed by atoms with Crippen molar-refractivity contribution < 1.29 is 23.8 Å². The van der Waals surface area contributed by atoms with Crippen LogP contribution in [0.15, 0.2) is 87.2 Å². The second kappa shape index (κ2) is 14.2. The van der Waals surface area contributed by atoms with Gasteiger partial charge in [-0.3, -0.25) is 4.79 Å². The van der Waals surface area contributed by atoms with Crippen molar-refractivity contribution in [2.24, 2.45) is 26.4 Å². The van der Waals surface area contributed by atoms with Crippen molar-refractivity contribution in [1.82, 2.24) is 9.97 Å². The Balaban J connectivity index is 1.13. The number of aromatic nitrogens is 2. The first-order chi connectivity index (χ1) is 23.2. The first-order valence-corrected chi connectivity index (χ1v) is 15.4. The van der Waals surface area contributed by atoms with Crippen molar-refractivity contribution in [3.05, 3.63) is 72.3 Å². The first kappa shape index (κ1) is 32.0. The van der Waals surface area contributed by atoms with E-state index < -0.39 is 12.1 Å². The van der Waals surface area contributed by atoms with Crippen molar-refractivity contribution in [2.75, 3.05) is 29.5 Å². The highest BCUT2D eigenvalue weighted by atomic mass is 16.6. The second-order valence-electron chi connectivity index (χ2n) is 11.4. The Bertz CT molecular complexity index is 1890. The molecule has 2 fully saturated rings. The van der Waals surface area contributed by atoms with E-state index in [2.05, 4.69) is 30.4 Å². The van der Waals surface area contributed by atoms with Gasteiger partial charge in [0.25, 0.3) is 0 Å². The Morgan fingerprint density at radius 3 is 1.88 bits per heavy atom. The van der Waals surface area contributed by atoms with Gasteiger partial charge in [0, 0.05) is 5.92 Å². The Morgan fingerprint density at radius 1 is 0.667 bits per heavy atom. The lowest BCUT2D eigenvalue weighted by Gasteiger charge is -2.28. The molecule has 0 radical (unpaired) electrons. The van der Waals surface area contributed by atoms with Gasteiger partial charge in [0.1, 0.15) is 34.4 Å². The van der Waals surface area contributed by atoms with Crippen molar-refractivity contribution in [1.29, 1.82) is 0 Å². The monoisotopic (exact) mass is 650 g/mol. The highest BCUT2D eigenvalue weighted by Crippen LogP contribution is 2.38. The van der Waals surface area contributed by atoms with Gasteiger partial charge < -0.3 is 37.1 Å². The zero-order chi connectivity index (χ0) is 33.6. The maximum absolute atomic E-state index is 13.1. The number of pyridine rings is 2. The van der Waals surface area contributed by atoms with Gasteiger partial charge >= 0.3 is 11.9 Å². The van der Waals surface area contributed by atoms with Crippen molar-refractivity contribution in [2.45, 2.75) is 44.1 Å². The van der Waals surface area contributed by atoms with Crippen molar-refractivity contribution in [3.63, 3.8) is 0 Å². The molecule has 0 spiro atoms. The molecule has 2 aromatic carbocycles. The molecule has 1 saturated carbocycles. The highest BCUT2D eigenvalue weighted by molar-refractivity contribution is 5.79. The fourth-order valence-electron chi connectivity index (χ4n) is 5.14. The van der Waals surface area contributed by atoms with E-state index in [0.29, 0.717) is 35.6 Å². The number of azo groups is 2. The molecule has 15 heteroatoms. The van der Waals surface area contributed by atoms with Gasteiger partial charge in [0.2, 0.25) is 0 Å². The number of para-hydroxylation sites is 1. The van der Waals surface area contributed by atoms with Crippen molar-refractivity contribution in [3.8, 4) is 11.5 Å². The zero-order valence-corrected chi connectivity index (χ0v) is 25.9. The lowest BCUT2D eigenvalue weighted by Crippen LogP contribution is -2.34. The van der Waals surface area contributed by atoms with E-state index in [1.54, 1.807) is 60.7 Å². The predicted octanol–water partition coefficient (Wildman–Crippen LogP) is 6.21. The van der Waals surface area contributed by atoms with Crippen LogP contribution in [0.25, 0.3) is 0 Å². The molecule has 3 heterocycles. The number of nitrogens with two attached hydrogens (primary N) is 4. The summed E-state index contributed by atoms with van der Waals surface area (Å²) in [5.74, 6) is 0.244. The minimum absolute atomic E-state index is 0.0669. The number of nitrogens with zero attached hydrogens (tertiary/aromatic N) is 6. The summed E-state index contributed by atoms with van der Waals surface area (Å²) in [6.07, 6.45) is 2.85. The van der Waals surface area contributed by atoms with Gasteiger partial charge in [-0.15, -0.1) is 20.5 Å². The molecule has 8 N–H and O–H groups in total. The molecular weight excluding hydrogens is 616 g/mol. The largest absolute Gasteiger partial charge is 0.424 e. The van der Waals surface area contributed by atoms with E-state index in [0.717, 1.165) is 24.8 Å². The van der Waals surface area contributed by atoms with E-state index in [-0.39, 0.29) is 59.2 Å². The molecule has 48 heavy (non-hydrogen) atoms. The maximum atomic E-state index is 13.1. The smallest absolute Gasteiger partial charge is 0.340 e. The van der Waals surface area contributed by atoms with Crippen LogP contribution in [0.4, 0.5) is 46.0 Å². The summed E-state index contributed by atoms with van der Waals surface area (Å²) >= 11 is 0. The molecule has 4 aromatic rings. The fraction of sp³-hybridized carbons (Fsp3) is 0.273. The van der Waals surface area contributed by atoms with Crippen LogP contribution in [-0.2, 0) is 14.3 Å². The number of benzene rings is 2. The molecule has 2 aliphatic rings. The van der Waals surface area contributed by atoms with Crippen LogP contribution in [0.2, 0.25) is 0 Å². The van der Waals surface area contributed by atoms with Crippen LogP contribution in [0, 0.1) is 5.92 Å². The maximum Gasteiger partial charge on any atom is 0.340 e. The van der Waals surface area contributed by atoms with Gasteiger partial charge in [-0.2, -0.15) is 0 Å². The van der Waals surface area contributed by atoms with Crippen LogP contribution < -0.4 is 32.4 Å². The molecule has 1 saturated heterocycles. The third-order valence-corrected chi connectivity index (χ3v) is 8.10. The van der Waals surface area contributed by atoms with Gasteiger partial charge in [0.15, 0.2) is 29.2 Å². The fourth-order valence-corrected chi connectivity index (χ4v) is 5.14. The average molecular weight is 651 g/mol. The lowest BCUT2D eigenvalue weighted by molar-refractivity contribution is -0.150. The van der Waals surface area contributed by atoms with Crippen LogP contribution in [0.3, 0.4) is 0 Å². The predicted molar refractivity (Wildman–Crippen MR) is 178 cm³/mol. The topological polar surface area (TPSA) is 241 Å². The van der Waals surface area contributed by atoms with Crippen LogP contribution in [-0.4, -0.2) is 34.6 Å². The number of nitrogen functional groups attached to an aromatic ring is 4. The molecule has 2 aromatic heterocycles. The molecule has 1 aliphatic heterocycles. The van der Waals surface area contributed by atoms with Gasteiger partial charge in [-0.05, 0) is 79.8 Å². The Morgan fingerprint density at radius 2 is 1.27 bits per heavy atom. The molecule has 6 rings (SSSR count). The molecular formula is C33H34N10O5. The SMILES string of the molecule is Nc1ccc(N=Nc2cc(C3CCC(C(=O)Oc4ccccc4N=Nc4ccc(N)nc4N)OC3)ccc2OC(=O)C2CCC2)c(N)n1. The highest BCUT2D eigenvalue weighted by Gasteiger charge is 2.31. The Labute approximate surface area is 275 Å². The summed E-state index contributed by atoms with van der Waals surface area (Å²) in [4.78, 5) is 33.7. The average Bonchev–Trinajstić information content (AvgIpc) is 3.04. The summed E-state index contributed by atoms with van der Waals surface area (Å²) in [7, 11) is 0. The number of rotatable bonds is 9. The van der Waals surface area contributed by atoms with E-state index in [4.69, 9.17) is 37.1 Å². The number of hydrogen-bond acceptors (Lipinski definition) is 15. The number of carbonyl (C=O) groups excluding carboxylic acids is 2. The summed E-state index contributed by atoms with van der Waals surface area (Å²) in [5, 5.41) is 16.9. The van der Waals surface area contributed by atoms with E-state index in [1.165, 1.54) is 0 Å². The lowest BCUT2D eigenvalue weighted by atomic mass is 9.86. The van der Waals surface area contributed by atoms with Crippen LogP contribution in [0.5, 0.6) is 11.5 Å². The molecule has 15 nitrogen and oxygen atoms in total. The second-order valence-corrected chi connectivity index (χ2v) is 11.4. The minimum Gasteiger partial charge on any atom is -0.424 e. The molecule has 1 aliphatic carbocycles. The standard InChI is InChI=1S/C33H34N10O5/c34-28-14-10-22(30(36)38-28)41-40-21-6-1-2-7-25(21)48-33(45)27-13-9-20(17-46-27)19-8-12-26(47-32(44)18-4-3-5-18)24(16-19)43-42-23-11-15-29(35)39-31(23)37/h1-2,6-8,10-12,14-16,18,20,27H,3-5,9,13,17H2,(H4,34,36,38)(H4,35,37,39). The van der Waals surface area contributed by atoms with Crippen LogP contribution >= 0.6 is 0 Å². The number of ether oxygens (including phenoxy) is 3. The summed E-state index contributed by atoms with van der Waals surface area (Å²) in [6, 6.07) is 18.4. The first-order valence-electron chi connectivity index (χ1n) is 15.4. The number of esters is 2. The van der Waals surface area contributed by atoms with Crippen LogP contribution in [0.1, 0.15) is 43.6 Å². The molecule has 246 valence electrons. The summed E-state index contributed by atoms with van der Waals surface area (Å²) in [5.41, 5.74) is 25.4. The molecule has 0 bridgehead atoms. The number of hydrogen-bond donors (Lipinski definition) is 4. The van der Waals surface area contributed by atoms with Gasteiger partial charge in [-0.25, -0.2) is 14.8 Å². The van der Waals surface area contributed by atoms with Gasteiger partial charge in [0.05, 0.1) is 12.5 Å². The van der Waals surface area contributed by atoms with E-state index >= 15 is 0 Å². The van der Waals surface area contributed by atoms with Crippen molar-refractivity contribution >= 4 is 58.0 Å². The molecule has 2 unspecified atom stereocenters. The number of carbonyl (C=O) groups is 2. The molecule has 0 amide bonds. The third kappa shape index (κ3) is 7.53. The zero-order valence-electron chi connectivity index (χ0n) is 25.9. The Kier molecular flexibility index (Phi) is 9.47. The Hall–Kier alpha value is -5.96. The van der Waals surface area contributed by atoms with E-state index in [1.807, 2.05) is 6.07 Å².